The number of hydrogen-bond acceptors (Lipinski definition) is 1. The lowest BCUT2D eigenvalue weighted by Gasteiger charge is -2.33. The molecule has 0 fully saturated rings. The van der Waals surface area contributed by atoms with Gasteiger partial charge in [-0.15, -0.1) is 0 Å². The van der Waals surface area contributed by atoms with E-state index < -0.39 is 0 Å². The summed E-state index contributed by atoms with van der Waals surface area (Å²) in [6, 6.07) is 20.2. The molecule has 0 aliphatic heterocycles. The van der Waals surface area contributed by atoms with Crippen LogP contribution in [0.3, 0.4) is 0 Å². The number of rotatable bonds is 27. The first kappa shape index (κ1) is 37.2. The van der Waals surface area contributed by atoms with E-state index in [0.717, 1.165) is 11.8 Å². The van der Waals surface area contributed by atoms with Gasteiger partial charge in [-0.25, -0.2) is 0 Å². The molecule has 2 aromatic rings. The summed E-state index contributed by atoms with van der Waals surface area (Å²) in [5, 5.41) is 0. The molecule has 0 atom stereocenters. The molecule has 0 heterocycles. The molecule has 0 amide bonds. The number of unbranched alkanes of at least 4 members (excludes halogenated alkanes) is 12. The molecule has 2 rings (SSSR count). The average Bonchev–Trinajstić information content (AvgIpc) is 3.04. The molecule has 1 nitrogen and oxygen atoms in total. The van der Waals surface area contributed by atoms with Crippen molar-refractivity contribution in [1.82, 2.24) is 0 Å². The Morgan fingerprint density at radius 2 is 0.814 bits per heavy atom. The van der Waals surface area contributed by atoms with Crippen molar-refractivity contribution >= 4 is 17.8 Å². The van der Waals surface area contributed by atoms with Gasteiger partial charge in [0.15, 0.2) is 0 Å². The maximum absolute atomic E-state index is 2.83. The van der Waals surface area contributed by atoms with Crippen molar-refractivity contribution in [2.75, 3.05) is 18.0 Å². The van der Waals surface area contributed by atoms with Crippen molar-refractivity contribution in [3.63, 3.8) is 0 Å². The van der Waals surface area contributed by atoms with E-state index in [1.54, 1.807) is 0 Å². The molecule has 1 heteroatoms. The van der Waals surface area contributed by atoms with E-state index in [1.165, 1.54) is 158 Å². The van der Waals surface area contributed by atoms with Gasteiger partial charge in [0.1, 0.15) is 0 Å². The van der Waals surface area contributed by atoms with Gasteiger partial charge in [-0.2, -0.15) is 0 Å². The summed E-state index contributed by atoms with van der Waals surface area (Å²) < 4.78 is 0. The zero-order valence-corrected chi connectivity index (χ0v) is 29.0. The van der Waals surface area contributed by atoms with Gasteiger partial charge >= 0.3 is 0 Å². The highest BCUT2D eigenvalue weighted by molar-refractivity contribution is 5.70. The van der Waals surface area contributed by atoms with Crippen molar-refractivity contribution in [2.45, 2.75) is 156 Å². The summed E-state index contributed by atoms with van der Waals surface area (Å²) in [6.45, 7) is 11.8. The second kappa shape index (κ2) is 25.3. The largest absolute Gasteiger partial charge is 0.371 e. The lowest BCUT2D eigenvalue weighted by Crippen LogP contribution is -2.34. The minimum atomic E-state index is 0.812. The highest BCUT2D eigenvalue weighted by Crippen LogP contribution is 2.28. The molecular formula is C42H69N. The first-order valence-corrected chi connectivity index (χ1v) is 18.8. The van der Waals surface area contributed by atoms with Crippen LogP contribution in [0.5, 0.6) is 0 Å². The van der Waals surface area contributed by atoms with E-state index >= 15 is 0 Å². The van der Waals surface area contributed by atoms with E-state index in [9.17, 15) is 0 Å². The molecule has 0 saturated heterocycles. The van der Waals surface area contributed by atoms with Gasteiger partial charge in [0.25, 0.3) is 0 Å². The van der Waals surface area contributed by atoms with Gasteiger partial charge in [-0.05, 0) is 60.8 Å². The predicted octanol–water partition coefficient (Wildman–Crippen LogP) is 13.8. The van der Waals surface area contributed by atoms with Crippen LogP contribution in [0, 0.1) is 11.8 Å². The number of benzene rings is 2. The summed E-state index contributed by atoms with van der Waals surface area (Å²) in [7, 11) is 0. The Hall–Kier alpha value is -2.02. The fourth-order valence-corrected chi connectivity index (χ4v) is 6.55. The van der Waals surface area contributed by atoms with Gasteiger partial charge < -0.3 is 4.90 Å². The van der Waals surface area contributed by atoms with Crippen molar-refractivity contribution in [1.29, 1.82) is 0 Å². The summed E-state index contributed by atoms with van der Waals surface area (Å²) in [6.07, 6.45) is 32.2. The standard InChI is InChI=1S/C42H69N/c1-5-9-13-18-26-40(27-19-14-10-6-2)36-43(37-41(28-20-15-11-7-3)29-21-16-12-8-4)42-34-32-39(33-35-42)31-30-38-24-22-17-23-25-38/h17,22-25,30-35,40-41H,5-16,18-21,26-29,36-37H2,1-4H3/b31-30+. The normalized spacial score (nSPS) is 11.8. The second-order valence-corrected chi connectivity index (χ2v) is 13.4. The van der Waals surface area contributed by atoms with Crippen LogP contribution in [0.25, 0.3) is 12.2 Å². The molecule has 0 saturated carbocycles. The summed E-state index contributed by atoms with van der Waals surface area (Å²) in [4.78, 5) is 2.83. The van der Waals surface area contributed by atoms with Gasteiger partial charge in [-0.3, -0.25) is 0 Å². The minimum Gasteiger partial charge on any atom is -0.371 e. The SMILES string of the molecule is CCCCCCC(CCCCCC)CN(CC(CCCCCC)CCCCCC)c1ccc(/C=C/c2ccccc2)cc1. The van der Waals surface area contributed by atoms with Crippen molar-refractivity contribution in [3.8, 4) is 0 Å². The first-order valence-electron chi connectivity index (χ1n) is 18.8. The molecular weight excluding hydrogens is 518 g/mol. The van der Waals surface area contributed by atoms with E-state index in [2.05, 4.69) is 99.3 Å². The Labute approximate surface area is 269 Å². The van der Waals surface area contributed by atoms with Crippen LogP contribution in [0.4, 0.5) is 5.69 Å². The van der Waals surface area contributed by atoms with Crippen LogP contribution >= 0.6 is 0 Å². The van der Waals surface area contributed by atoms with Crippen LogP contribution in [0.15, 0.2) is 54.6 Å². The van der Waals surface area contributed by atoms with Crippen LogP contribution in [-0.4, -0.2) is 13.1 Å². The molecule has 0 bridgehead atoms. The molecule has 0 spiro atoms. The third-order valence-electron chi connectivity index (χ3n) is 9.35. The topological polar surface area (TPSA) is 3.24 Å². The van der Waals surface area contributed by atoms with Gasteiger partial charge in [-0.1, -0.05) is 185 Å². The molecule has 0 N–H and O–H groups in total. The van der Waals surface area contributed by atoms with Crippen molar-refractivity contribution in [2.24, 2.45) is 11.8 Å². The van der Waals surface area contributed by atoms with E-state index in [4.69, 9.17) is 0 Å². The number of hydrogen-bond donors (Lipinski definition) is 0. The second-order valence-electron chi connectivity index (χ2n) is 13.4. The number of nitrogens with zero attached hydrogens (tertiary/aromatic N) is 1. The number of anilines is 1. The Morgan fingerprint density at radius 1 is 0.442 bits per heavy atom. The fourth-order valence-electron chi connectivity index (χ4n) is 6.55. The van der Waals surface area contributed by atoms with E-state index in [-0.39, 0.29) is 0 Å². The minimum absolute atomic E-state index is 0.812. The zero-order valence-electron chi connectivity index (χ0n) is 29.0. The molecule has 0 aliphatic rings. The van der Waals surface area contributed by atoms with Gasteiger partial charge in [0.05, 0.1) is 0 Å². The zero-order chi connectivity index (χ0) is 30.8. The van der Waals surface area contributed by atoms with Crippen molar-refractivity contribution < 1.29 is 0 Å². The molecule has 242 valence electrons. The van der Waals surface area contributed by atoms with Crippen LogP contribution < -0.4 is 4.90 Å². The summed E-state index contributed by atoms with van der Waals surface area (Å²) in [5.41, 5.74) is 3.99. The smallest absolute Gasteiger partial charge is 0.0366 e. The highest BCUT2D eigenvalue weighted by Gasteiger charge is 2.19. The quantitative estimate of drug-likeness (QED) is 0.0742. The Balaban J connectivity index is 2.22. The fraction of sp³-hybridized carbons (Fsp3) is 0.667. The molecule has 2 aromatic carbocycles. The predicted molar refractivity (Wildman–Crippen MR) is 196 cm³/mol. The third-order valence-corrected chi connectivity index (χ3v) is 9.35. The average molecular weight is 588 g/mol. The maximum Gasteiger partial charge on any atom is 0.0366 e. The van der Waals surface area contributed by atoms with E-state index in [0.29, 0.717) is 0 Å². The molecule has 0 aromatic heterocycles. The third kappa shape index (κ3) is 17.8. The van der Waals surface area contributed by atoms with Gasteiger partial charge in [0.2, 0.25) is 0 Å². The van der Waals surface area contributed by atoms with Crippen LogP contribution in [0.2, 0.25) is 0 Å². The highest BCUT2D eigenvalue weighted by atomic mass is 15.1. The lowest BCUT2D eigenvalue weighted by atomic mass is 9.91. The molecule has 0 aliphatic carbocycles. The van der Waals surface area contributed by atoms with Gasteiger partial charge in [0, 0.05) is 18.8 Å². The lowest BCUT2D eigenvalue weighted by molar-refractivity contribution is 0.368. The maximum atomic E-state index is 2.83. The molecule has 43 heavy (non-hydrogen) atoms. The van der Waals surface area contributed by atoms with Crippen LogP contribution in [0.1, 0.15) is 167 Å². The first-order chi connectivity index (χ1) is 21.2. The van der Waals surface area contributed by atoms with Crippen molar-refractivity contribution in [3.05, 3.63) is 65.7 Å². The summed E-state index contributed by atoms with van der Waals surface area (Å²) >= 11 is 0. The van der Waals surface area contributed by atoms with Crippen LogP contribution in [-0.2, 0) is 0 Å². The Morgan fingerprint density at radius 3 is 1.19 bits per heavy atom. The molecule has 0 radical (unpaired) electrons. The summed E-state index contributed by atoms with van der Waals surface area (Å²) in [5.74, 6) is 1.62. The Bertz CT molecular complexity index is 844. The van der Waals surface area contributed by atoms with E-state index in [1.807, 2.05) is 0 Å². The Kier molecular flexibility index (Phi) is 21.9. The monoisotopic (exact) mass is 588 g/mol. The molecule has 0 unspecified atom stereocenters.